The summed E-state index contributed by atoms with van der Waals surface area (Å²) in [5, 5.41) is 31.3. The van der Waals surface area contributed by atoms with Gasteiger partial charge in [0, 0.05) is 19.3 Å². The highest BCUT2D eigenvalue weighted by Crippen LogP contribution is 2.26. The Morgan fingerprint density at radius 1 is 0.479 bits per heavy atom. The van der Waals surface area contributed by atoms with Gasteiger partial charge in [-0.25, -0.2) is 4.79 Å². The Labute approximate surface area is 428 Å². The molecular formula is C59H94O12. The van der Waals surface area contributed by atoms with E-state index in [4.69, 9.17) is 23.7 Å². The van der Waals surface area contributed by atoms with Gasteiger partial charge in [-0.1, -0.05) is 182 Å². The summed E-state index contributed by atoms with van der Waals surface area (Å²) in [5.41, 5.74) is 0. The third-order valence-electron chi connectivity index (χ3n) is 11.6. The highest BCUT2D eigenvalue weighted by molar-refractivity contribution is 5.74. The van der Waals surface area contributed by atoms with Crippen molar-refractivity contribution in [1.29, 1.82) is 0 Å². The number of aliphatic carboxylic acids is 1. The third kappa shape index (κ3) is 37.1. The van der Waals surface area contributed by atoms with Crippen molar-refractivity contribution in [3.8, 4) is 0 Å². The Hall–Kier alpha value is -4.36. The number of hydrogen-bond acceptors (Lipinski definition) is 11. The Balaban J connectivity index is 2.76. The molecule has 0 aromatic carbocycles. The SMILES string of the molecule is CC/C=C\C/C=C\C/C=C\C/C=C\C/C=C\C/C=C\CCC(=O)OCC(COC1OC(C(=O)O)C(O)C(O)C1OC(=O)CCCCCCC/C=C\CCCC)OC(=O)CCCCCCC/C=C\CCCC. The molecule has 1 rings (SSSR count). The van der Waals surface area contributed by atoms with Crippen molar-refractivity contribution in [3.05, 3.63) is 97.2 Å². The molecule has 0 amide bonds. The van der Waals surface area contributed by atoms with E-state index in [0.717, 1.165) is 116 Å². The molecule has 6 unspecified atom stereocenters. The van der Waals surface area contributed by atoms with Crippen LogP contribution in [0.2, 0.25) is 0 Å². The quantitative estimate of drug-likeness (QED) is 0.0228. The summed E-state index contributed by atoms with van der Waals surface area (Å²) in [5.74, 6) is -3.27. The van der Waals surface area contributed by atoms with E-state index in [1.54, 1.807) is 0 Å². The summed E-state index contributed by atoms with van der Waals surface area (Å²) in [6.45, 7) is 5.68. The molecule has 0 spiro atoms. The maximum atomic E-state index is 13.1. The summed E-state index contributed by atoms with van der Waals surface area (Å²) in [7, 11) is 0. The molecule has 1 aliphatic heterocycles. The van der Waals surface area contributed by atoms with Crippen LogP contribution in [0.3, 0.4) is 0 Å². The van der Waals surface area contributed by atoms with Crippen molar-refractivity contribution in [1.82, 2.24) is 0 Å². The van der Waals surface area contributed by atoms with Crippen LogP contribution >= 0.6 is 0 Å². The average Bonchev–Trinajstić information content (AvgIpc) is 3.35. The first kappa shape index (κ1) is 64.7. The van der Waals surface area contributed by atoms with Gasteiger partial charge in [-0.2, -0.15) is 0 Å². The number of unbranched alkanes of at least 4 members (excludes halogenated alkanes) is 14. The number of carboxylic acid groups (broad SMARTS) is 1. The number of carbonyl (C=O) groups is 4. The Morgan fingerprint density at radius 2 is 0.915 bits per heavy atom. The monoisotopic (exact) mass is 995 g/mol. The van der Waals surface area contributed by atoms with E-state index in [9.17, 15) is 34.5 Å². The molecular weight excluding hydrogens is 901 g/mol. The van der Waals surface area contributed by atoms with E-state index in [-0.39, 0.29) is 25.9 Å². The zero-order chi connectivity index (χ0) is 51.8. The largest absolute Gasteiger partial charge is 0.479 e. The van der Waals surface area contributed by atoms with Gasteiger partial charge < -0.3 is 39.0 Å². The van der Waals surface area contributed by atoms with Crippen LogP contribution in [-0.2, 0) is 42.9 Å². The van der Waals surface area contributed by atoms with Crippen LogP contribution in [0.15, 0.2) is 97.2 Å². The molecule has 0 aromatic rings. The lowest BCUT2D eigenvalue weighted by atomic mass is 9.98. The average molecular weight is 995 g/mol. The molecule has 0 aliphatic carbocycles. The van der Waals surface area contributed by atoms with Crippen LogP contribution in [0.1, 0.15) is 201 Å². The molecule has 12 nitrogen and oxygen atoms in total. The van der Waals surface area contributed by atoms with E-state index in [0.29, 0.717) is 19.3 Å². The molecule has 0 aromatic heterocycles. The Kier molecular flexibility index (Phi) is 42.5. The highest BCUT2D eigenvalue weighted by atomic mass is 16.7. The summed E-state index contributed by atoms with van der Waals surface area (Å²) in [6.07, 6.45) is 48.4. The van der Waals surface area contributed by atoms with Crippen LogP contribution in [0.5, 0.6) is 0 Å². The fourth-order valence-electron chi connectivity index (χ4n) is 7.41. The minimum atomic E-state index is -1.92. The van der Waals surface area contributed by atoms with Crippen LogP contribution in [0.4, 0.5) is 0 Å². The zero-order valence-electron chi connectivity index (χ0n) is 43.9. The molecule has 1 saturated heterocycles. The lowest BCUT2D eigenvalue weighted by Gasteiger charge is -2.40. The van der Waals surface area contributed by atoms with E-state index in [1.165, 1.54) is 25.7 Å². The number of allylic oxidation sites excluding steroid dienone is 16. The number of esters is 3. The molecule has 0 bridgehead atoms. The van der Waals surface area contributed by atoms with Gasteiger partial charge in [0.15, 0.2) is 24.6 Å². The van der Waals surface area contributed by atoms with E-state index < -0.39 is 67.3 Å². The lowest BCUT2D eigenvalue weighted by molar-refractivity contribution is -0.301. The molecule has 402 valence electrons. The molecule has 12 heteroatoms. The zero-order valence-corrected chi connectivity index (χ0v) is 43.9. The summed E-state index contributed by atoms with van der Waals surface area (Å²) >= 11 is 0. The van der Waals surface area contributed by atoms with Crippen LogP contribution < -0.4 is 0 Å². The number of carboxylic acids is 1. The van der Waals surface area contributed by atoms with Gasteiger partial charge in [-0.15, -0.1) is 0 Å². The van der Waals surface area contributed by atoms with E-state index in [2.05, 4.69) is 106 Å². The van der Waals surface area contributed by atoms with Crippen LogP contribution in [-0.4, -0.2) is 89.2 Å². The van der Waals surface area contributed by atoms with Gasteiger partial charge in [-0.3, -0.25) is 14.4 Å². The van der Waals surface area contributed by atoms with Crippen molar-refractivity contribution in [3.63, 3.8) is 0 Å². The molecule has 0 saturated carbocycles. The number of aliphatic hydroxyl groups excluding tert-OH is 2. The van der Waals surface area contributed by atoms with Crippen LogP contribution in [0, 0.1) is 0 Å². The van der Waals surface area contributed by atoms with Crippen LogP contribution in [0.25, 0.3) is 0 Å². The van der Waals surface area contributed by atoms with E-state index in [1.807, 2.05) is 12.2 Å². The number of rotatable bonds is 44. The first-order valence-electron chi connectivity index (χ1n) is 27.2. The maximum Gasteiger partial charge on any atom is 0.335 e. The molecule has 1 aliphatic rings. The predicted octanol–water partition coefficient (Wildman–Crippen LogP) is 13.3. The number of carbonyl (C=O) groups excluding carboxylic acids is 3. The van der Waals surface area contributed by atoms with Gasteiger partial charge in [0.05, 0.1) is 6.61 Å². The number of hydrogen-bond donors (Lipinski definition) is 3. The van der Waals surface area contributed by atoms with Crippen molar-refractivity contribution >= 4 is 23.9 Å². The normalized spacial score (nSPS) is 19.3. The van der Waals surface area contributed by atoms with E-state index >= 15 is 0 Å². The van der Waals surface area contributed by atoms with Gasteiger partial charge in [0.2, 0.25) is 0 Å². The molecule has 1 fully saturated rings. The molecule has 0 radical (unpaired) electrons. The second-order valence-corrected chi connectivity index (χ2v) is 18.1. The second kappa shape index (κ2) is 46.7. The van der Waals surface area contributed by atoms with Crippen molar-refractivity contribution in [2.75, 3.05) is 13.2 Å². The lowest BCUT2D eigenvalue weighted by Crippen LogP contribution is -2.61. The van der Waals surface area contributed by atoms with Gasteiger partial charge in [0.1, 0.15) is 18.8 Å². The van der Waals surface area contributed by atoms with Crippen molar-refractivity contribution < 1.29 is 58.2 Å². The third-order valence-corrected chi connectivity index (χ3v) is 11.6. The Morgan fingerprint density at radius 3 is 1.41 bits per heavy atom. The molecule has 71 heavy (non-hydrogen) atoms. The topological polar surface area (TPSA) is 175 Å². The molecule has 1 heterocycles. The smallest absolute Gasteiger partial charge is 0.335 e. The summed E-state index contributed by atoms with van der Waals surface area (Å²) in [4.78, 5) is 50.8. The molecule has 3 N–H and O–H groups in total. The van der Waals surface area contributed by atoms with Crippen molar-refractivity contribution in [2.45, 2.75) is 237 Å². The second-order valence-electron chi connectivity index (χ2n) is 18.1. The summed E-state index contributed by atoms with van der Waals surface area (Å²) < 4.78 is 28.2. The van der Waals surface area contributed by atoms with Crippen molar-refractivity contribution in [2.24, 2.45) is 0 Å². The molecule has 6 atom stereocenters. The fraction of sp³-hybridized carbons (Fsp3) is 0.661. The van der Waals surface area contributed by atoms with Gasteiger partial charge in [-0.05, 0) is 96.3 Å². The maximum absolute atomic E-state index is 13.1. The standard InChI is InChI=1S/C59H94O12/c1-4-7-10-13-16-19-22-23-24-25-26-27-28-29-32-33-36-39-42-45-51(60)67-48-50(69-52(61)46-43-40-37-34-30-20-17-14-11-8-5-2)49-68-59-57(55(64)54(63)56(71-59)58(65)66)70-53(62)47-44-41-38-35-31-21-18-15-12-9-6-3/h7,10,14-19,23-24,26-27,29,32,36,39,50,54-57,59,63-64H,4-6,8-9,11-13,20-22,25,28,30-31,33-35,37-38,40-49H2,1-3H3,(H,65,66)/b10-7-,17-14-,18-15-,19-16-,24-23-,27-26-,32-29-,39-36-. The highest BCUT2D eigenvalue weighted by Gasteiger charge is 2.50. The minimum absolute atomic E-state index is 0.0379. The van der Waals surface area contributed by atoms with Gasteiger partial charge in [0.25, 0.3) is 0 Å². The first-order chi connectivity index (χ1) is 34.6. The number of aliphatic hydroxyl groups is 2. The fourth-order valence-corrected chi connectivity index (χ4v) is 7.41. The van der Waals surface area contributed by atoms with Gasteiger partial charge >= 0.3 is 23.9 Å². The minimum Gasteiger partial charge on any atom is -0.479 e. The summed E-state index contributed by atoms with van der Waals surface area (Å²) in [6, 6.07) is 0. The Bertz CT molecular complexity index is 1610. The number of ether oxygens (including phenoxy) is 5. The predicted molar refractivity (Wildman–Crippen MR) is 284 cm³/mol. The first-order valence-corrected chi connectivity index (χ1v) is 27.2.